The van der Waals surface area contributed by atoms with Gasteiger partial charge in [0.15, 0.2) is 11.6 Å². The lowest BCUT2D eigenvalue weighted by atomic mass is 9.59. The molecular formula is C33H26BrNO7. The van der Waals surface area contributed by atoms with Crippen LogP contribution < -0.4 is 4.74 Å². The second-order valence-electron chi connectivity index (χ2n) is 11.4. The molecule has 0 saturated carbocycles. The van der Waals surface area contributed by atoms with Gasteiger partial charge in [-0.05, 0) is 82.6 Å². The lowest BCUT2D eigenvalue weighted by molar-refractivity contribution is -0.140. The SMILES string of the molecule is O=C1C=C(Br)C(=O)C2=C1[C@@H](C1=COc3ccc(O)cc3C1)C1=CC[C@@H]3C(=O)N(CCc4ccc(O)cc4)C(=O)[C@@H]3[C@@H]1C2. The Hall–Kier alpha value is -4.24. The van der Waals surface area contributed by atoms with Crippen molar-refractivity contribution in [2.45, 2.75) is 25.7 Å². The van der Waals surface area contributed by atoms with E-state index in [0.29, 0.717) is 36.2 Å². The summed E-state index contributed by atoms with van der Waals surface area (Å²) in [4.78, 5) is 55.7. The molecule has 212 valence electrons. The molecule has 1 fully saturated rings. The van der Waals surface area contributed by atoms with Gasteiger partial charge in [0.05, 0.1) is 22.6 Å². The van der Waals surface area contributed by atoms with E-state index in [1.165, 1.54) is 11.0 Å². The fraction of sp³-hybridized carbons (Fsp3) is 0.273. The van der Waals surface area contributed by atoms with E-state index in [1.54, 1.807) is 48.7 Å². The maximum atomic E-state index is 13.9. The number of phenols is 2. The summed E-state index contributed by atoms with van der Waals surface area (Å²) in [6.07, 6.45) is 6.31. The molecule has 8 nitrogen and oxygen atoms in total. The van der Waals surface area contributed by atoms with E-state index in [4.69, 9.17) is 4.74 Å². The molecule has 9 heteroatoms. The number of nitrogens with zero attached hydrogens (tertiary/aromatic N) is 1. The number of rotatable bonds is 4. The van der Waals surface area contributed by atoms with Crippen molar-refractivity contribution in [3.05, 3.63) is 98.8 Å². The maximum Gasteiger partial charge on any atom is 0.233 e. The molecule has 3 aliphatic carbocycles. The van der Waals surface area contributed by atoms with Crippen molar-refractivity contribution in [3.8, 4) is 17.2 Å². The predicted molar refractivity (Wildman–Crippen MR) is 154 cm³/mol. The highest BCUT2D eigenvalue weighted by molar-refractivity contribution is 9.12. The lowest BCUT2D eigenvalue weighted by Crippen LogP contribution is -2.41. The summed E-state index contributed by atoms with van der Waals surface area (Å²) in [5.41, 5.74) is 4.03. The Morgan fingerprint density at radius 1 is 0.952 bits per heavy atom. The summed E-state index contributed by atoms with van der Waals surface area (Å²) < 4.78 is 6.10. The Morgan fingerprint density at radius 2 is 1.71 bits per heavy atom. The maximum absolute atomic E-state index is 13.9. The van der Waals surface area contributed by atoms with Crippen LogP contribution in [0.15, 0.2) is 87.7 Å². The zero-order valence-corrected chi connectivity index (χ0v) is 24.0. The van der Waals surface area contributed by atoms with Crippen molar-refractivity contribution in [2.75, 3.05) is 6.54 Å². The first-order valence-corrected chi connectivity index (χ1v) is 14.7. The average Bonchev–Trinajstić information content (AvgIpc) is 3.23. The number of Topliss-reactive ketones (excluding diaryl/α,β-unsaturated/α-hetero) is 1. The molecule has 2 amide bonds. The number of carbonyl (C=O) groups excluding carboxylic acids is 4. The smallest absolute Gasteiger partial charge is 0.233 e. The molecule has 0 aromatic heterocycles. The highest BCUT2D eigenvalue weighted by atomic mass is 79.9. The standard InChI is InChI=1S/C33H26BrNO7/c34-25-14-26(38)30-24(31(25)39)13-23-21(28(30)18-11-17-12-20(37)5-8-27(17)42-15-18)6-7-22-29(23)33(41)35(32(22)40)10-9-16-1-3-19(36)4-2-16/h1-6,8,12,14-15,22-23,28-29,36-37H,7,9-11,13H2/t22-,23+,28-,29-/m0/s1. The number of amides is 2. The van der Waals surface area contributed by atoms with E-state index in [2.05, 4.69) is 15.9 Å². The molecule has 0 radical (unpaired) electrons. The molecule has 2 heterocycles. The first-order chi connectivity index (χ1) is 20.2. The van der Waals surface area contributed by atoms with E-state index < -0.39 is 23.7 Å². The van der Waals surface area contributed by atoms with Crippen LogP contribution in [0.2, 0.25) is 0 Å². The summed E-state index contributed by atoms with van der Waals surface area (Å²) in [7, 11) is 0. The predicted octanol–water partition coefficient (Wildman–Crippen LogP) is 4.45. The number of hydrogen-bond donors (Lipinski definition) is 2. The largest absolute Gasteiger partial charge is 0.508 e. The highest BCUT2D eigenvalue weighted by Crippen LogP contribution is 2.55. The summed E-state index contributed by atoms with van der Waals surface area (Å²) in [6, 6.07) is 11.5. The van der Waals surface area contributed by atoms with Crippen LogP contribution in [-0.2, 0) is 32.0 Å². The first kappa shape index (κ1) is 26.6. The van der Waals surface area contributed by atoms with Gasteiger partial charge in [-0.1, -0.05) is 23.8 Å². The van der Waals surface area contributed by atoms with Crippen LogP contribution in [-0.4, -0.2) is 45.0 Å². The zero-order chi connectivity index (χ0) is 29.3. The first-order valence-electron chi connectivity index (χ1n) is 13.9. The number of ketones is 2. The van der Waals surface area contributed by atoms with Gasteiger partial charge in [-0.15, -0.1) is 0 Å². The normalized spacial score (nSPS) is 26.5. The van der Waals surface area contributed by atoms with Gasteiger partial charge < -0.3 is 14.9 Å². The van der Waals surface area contributed by atoms with Crippen molar-refractivity contribution in [2.24, 2.45) is 23.7 Å². The van der Waals surface area contributed by atoms with Crippen molar-refractivity contribution in [1.29, 1.82) is 0 Å². The molecule has 0 bridgehead atoms. The molecule has 0 unspecified atom stereocenters. The summed E-state index contributed by atoms with van der Waals surface area (Å²) in [6.45, 7) is 0.222. The lowest BCUT2D eigenvalue weighted by Gasteiger charge is -2.43. The van der Waals surface area contributed by atoms with Crippen molar-refractivity contribution in [3.63, 3.8) is 0 Å². The van der Waals surface area contributed by atoms with Crippen LogP contribution in [0.1, 0.15) is 24.0 Å². The number of aromatic hydroxyl groups is 2. The number of imide groups is 1. The van der Waals surface area contributed by atoms with Crippen LogP contribution in [0.3, 0.4) is 0 Å². The van der Waals surface area contributed by atoms with Gasteiger partial charge in [0.25, 0.3) is 0 Å². The number of phenolic OH excluding ortho intramolecular Hbond substituents is 2. The van der Waals surface area contributed by atoms with Gasteiger partial charge in [0.2, 0.25) is 11.8 Å². The Labute approximate surface area is 249 Å². The van der Waals surface area contributed by atoms with Crippen LogP contribution in [0.4, 0.5) is 0 Å². The van der Waals surface area contributed by atoms with E-state index in [-0.39, 0.29) is 52.3 Å². The van der Waals surface area contributed by atoms with E-state index in [9.17, 15) is 29.4 Å². The van der Waals surface area contributed by atoms with E-state index in [1.807, 2.05) is 6.08 Å². The van der Waals surface area contributed by atoms with Crippen LogP contribution >= 0.6 is 15.9 Å². The minimum absolute atomic E-state index is 0.0954. The van der Waals surface area contributed by atoms with E-state index in [0.717, 1.165) is 22.3 Å². The number of fused-ring (bicyclic) bond motifs is 4. The number of allylic oxidation sites excluding steroid dienone is 7. The zero-order valence-electron chi connectivity index (χ0n) is 22.4. The Morgan fingerprint density at radius 3 is 2.50 bits per heavy atom. The second kappa shape index (κ2) is 9.94. The molecule has 2 N–H and O–H groups in total. The Balaban J connectivity index is 1.25. The second-order valence-corrected chi connectivity index (χ2v) is 12.3. The monoisotopic (exact) mass is 627 g/mol. The molecule has 2 aromatic rings. The molecule has 0 spiro atoms. The Kier molecular flexibility index (Phi) is 6.31. The quantitative estimate of drug-likeness (QED) is 0.292. The molecule has 5 aliphatic rings. The van der Waals surface area contributed by atoms with Crippen LogP contribution in [0, 0.1) is 23.7 Å². The van der Waals surface area contributed by atoms with Gasteiger partial charge >= 0.3 is 0 Å². The number of ether oxygens (including phenoxy) is 1. The number of halogens is 1. The van der Waals surface area contributed by atoms with Gasteiger partial charge in [0.1, 0.15) is 17.2 Å². The third-order valence-electron chi connectivity index (χ3n) is 9.13. The average molecular weight is 628 g/mol. The fourth-order valence-corrected chi connectivity index (χ4v) is 7.65. The van der Waals surface area contributed by atoms with Gasteiger partial charge in [-0.2, -0.15) is 0 Å². The summed E-state index contributed by atoms with van der Waals surface area (Å²) >= 11 is 3.25. The van der Waals surface area contributed by atoms with Crippen molar-refractivity contribution in [1.82, 2.24) is 4.90 Å². The van der Waals surface area contributed by atoms with Gasteiger partial charge in [-0.25, -0.2) is 0 Å². The van der Waals surface area contributed by atoms with Crippen LogP contribution in [0.5, 0.6) is 17.2 Å². The highest BCUT2D eigenvalue weighted by Gasteiger charge is 2.56. The van der Waals surface area contributed by atoms with Crippen molar-refractivity contribution >= 4 is 39.3 Å². The minimum Gasteiger partial charge on any atom is -0.508 e. The molecule has 2 aromatic carbocycles. The molecule has 1 saturated heterocycles. The van der Waals surface area contributed by atoms with Crippen LogP contribution in [0.25, 0.3) is 0 Å². The third kappa shape index (κ3) is 4.17. The molecule has 2 aliphatic heterocycles. The number of carbonyl (C=O) groups is 4. The molecular weight excluding hydrogens is 602 g/mol. The van der Waals surface area contributed by atoms with Gasteiger partial charge in [0, 0.05) is 41.7 Å². The number of hydrogen-bond acceptors (Lipinski definition) is 7. The Bertz CT molecular complexity index is 1710. The topological polar surface area (TPSA) is 121 Å². The fourth-order valence-electron chi connectivity index (χ4n) is 7.21. The summed E-state index contributed by atoms with van der Waals surface area (Å²) in [5.74, 6) is -2.36. The van der Waals surface area contributed by atoms with Crippen molar-refractivity contribution < 1.29 is 34.1 Å². The third-order valence-corrected chi connectivity index (χ3v) is 9.72. The van der Waals surface area contributed by atoms with Gasteiger partial charge in [-0.3, -0.25) is 24.1 Å². The molecule has 4 atom stereocenters. The molecule has 7 rings (SSSR count). The van der Waals surface area contributed by atoms with E-state index >= 15 is 0 Å². The summed E-state index contributed by atoms with van der Waals surface area (Å²) in [5, 5.41) is 19.7. The minimum atomic E-state index is -0.636. The molecule has 42 heavy (non-hydrogen) atoms. The number of benzene rings is 2. The number of likely N-dealkylation sites (tertiary alicyclic amines) is 1.